The lowest BCUT2D eigenvalue weighted by Crippen LogP contribution is -2.16. The Hall–Kier alpha value is -1.06. The van der Waals surface area contributed by atoms with E-state index in [2.05, 4.69) is 31.3 Å². The Morgan fingerprint density at radius 1 is 1.20 bits per heavy atom. The average Bonchev–Trinajstić information content (AvgIpc) is 2.17. The lowest BCUT2D eigenvalue weighted by Gasteiger charge is -2.13. The van der Waals surface area contributed by atoms with Crippen molar-refractivity contribution in [2.45, 2.75) is 20.4 Å². The Morgan fingerprint density at radius 3 is 2.53 bits per heavy atom. The molecule has 0 aromatic heterocycles. The van der Waals surface area contributed by atoms with E-state index in [1.807, 2.05) is 0 Å². The largest absolute Gasteiger partial charge is 0.496 e. The van der Waals surface area contributed by atoms with Gasteiger partial charge in [0.25, 0.3) is 0 Å². The molecule has 0 aliphatic heterocycles. The van der Waals surface area contributed by atoms with Crippen LogP contribution in [0.4, 0.5) is 0 Å². The molecule has 0 spiro atoms. The van der Waals surface area contributed by atoms with E-state index in [4.69, 9.17) is 9.47 Å². The lowest BCUT2D eigenvalue weighted by molar-refractivity contribution is 0.174. The highest BCUT2D eigenvalue weighted by molar-refractivity contribution is 5.43. The van der Waals surface area contributed by atoms with E-state index in [0.717, 1.165) is 12.3 Å². The van der Waals surface area contributed by atoms with Gasteiger partial charge in [0.2, 0.25) is 0 Å². The molecule has 0 saturated heterocycles. The fourth-order valence-corrected chi connectivity index (χ4v) is 1.75. The first-order valence-electron chi connectivity index (χ1n) is 5.02. The second-order valence-corrected chi connectivity index (χ2v) is 3.63. The van der Waals surface area contributed by atoms with E-state index in [-0.39, 0.29) is 0 Å². The van der Waals surface area contributed by atoms with Gasteiger partial charge in [-0.1, -0.05) is 17.7 Å². The summed E-state index contributed by atoms with van der Waals surface area (Å²) >= 11 is 0. The number of ether oxygens (including phenoxy) is 2. The maximum absolute atomic E-state index is 5.38. The lowest BCUT2D eigenvalue weighted by atomic mass is 10.1. The number of hydrogen-bond donors (Lipinski definition) is 1. The van der Waals surface area contributed by atoms with Crippen molar-refractivity contribution in [2.75, 3.05) is 21.0 Å². The number of rotatable bonds is 5. The summed E-state index contributed by atoms with van der Waals surface area (Å²) in [7, 11) is 3.38. The minimum atomic E-state index is 0.552. The average molecular weight is 209 g/mol. The van der Waals surface area contributed by atoms with E-state index >= 15 is 0 Å². The van der Waals surface area contributed by atoms with Crippen molar-refractivity contribution in [3.63, 3.8) is 0 Å². The molecule has 0 saturated carbocycles. The molecule has 0 atom stereocenters. The van der Waals surface area contributed by atoms with Crippen LogP contribution in [0.1, 0.15) is 16.7 Å². The van der Waals surface area contributed by atoms with Gasteiger partial charge in [-0.3, -0.25) is 5.32 Å². The molecule has 0 fully saturated rings. The van der Waals surface area contributed by atoms with Crippen molar-refractivity contribution >= 4 is 0 Å². The predicted octanol–water partition coefficient (Wildman–Crippen LogP) is 2.01. The quantitative estimate of drug-likeness (QED) is 0.594. The number of nitrogens with one attached hydrogen (secondary N) is 1. The first-order valence-corrected chi connectivity index (χ1v) is 5.02. The molecule has 0 aliphatic carbocycles. The van der Waals surface area contributed by atoms with Crippen LogP contribution in [0, 0.1) is 13.8 Å². The summed E-state index contributed by atoms with van der Waals surface area (Å²) in [6, 6.07) is 4.26. The molecule has 0 amide bonds. The molecule has 0 radical (unpaired) electrons. The first-order chi connectivity index (χ1) is 7.19. The molecule has 0 unspecified atom stereocenters. The zero-order valence-corrected chi connectivity index (χ0v) is 9.89. The number of benzene rings is 1. The van der Waals surface area contributed by atoms with E-state index in [1.165, 1.54) is 16.7 Å². The normalized spacial score (nSPS) is 10.4. The Kier molecular flexibility index (Phi) is 4.59. The van der Waals surface area contributed by atoms with Gasteiger partial charge in [0.05, 0.1) is 13.8 Å². The van der Waals surface area contributed by atoms with Crippen molar-refractivity contribution in [2.24, 2.45) is 0 Å². The molecular formula is C12H19NO2. The van der Waals surface area contributed by atoms with E-state index in [1.54, 1.807) is 14.2 Å². The van der Waals surface area contributed by atoms with Crippen LogP contribution in [-0.2, 0) is 11.3 Å². The molecule has 0 aliphatic rings. The highest BCUT2D eigenvalue weighted by Gasteiger charge is 2.06. The minimum absolute atomic E-state index is 0.552. The van der Waals surface area contributed by atoms with Crippen LogP contribution in [0.15, 0.2) is 12.1 Å². The summed E-state index contributed by atoms with van der Waals surface area (Å²) in [6.07, 6.45) is 0. The fraction of sp³-hybridized carbons (Fsp3) is 0.500. The van der Waals surface area contributed by atoms with E-state index < -0.39 is 0 Å². The van der Waals surface area contributed by atoms with Crippen LogP contribution in [0.5, 0.6) is 5.75 Å². The standard InChI is InChI=1S/C12H19NO2/c1-9-5-10(2)12(15-4)11(6-9)7-13-8-14-3/h5-6,13H,7-8H2,1-4H3. The van der Waals surface area contributed by atoms with Crippen LogP contribution >= 0.6 is 0 Å². The molecule has 15 heavy (non-hydrogen) atoms. The second-order valence-electron chi connectivity index (χ2n) is 3.63. The fourth-order valence-electron chi connectivity index (χ4n) is 1.75. The summed E-state index contributed by atoms with van der Waals surface area (Å²) in [5.74, 6) is 0.962. The smallest absolute Gasteiger partial charge is 0.126 e. The first kappa shape index (κ1) is 12.0. The van der Waals surface area contributed by atoms with E-state index in [9.17, 15) is 0 Å². The third-order valence-corrected chi connectivity index (χ3v) is 2.26. The maximum atomic E-state index is 5.38. The van der Waals surface area contributed by atoms with Gasteiger partial charge in [0.1, 0.15) is 5.75 Å². The molecule has 1 aromatic rings. The molecule has 1 N–H and O–H groups in total. The van der Waals surface area contributed by atoms with Gasteiger partial charge < -0.3 is 9.47 Å². The van der Waals surface area contributed by atoms with Crippen molar-refractivity contribution in [3.05, 3.63) is 28.8 Å². The van der Waals surface area contributed by atoms with Gasteiger partial charge in [-0.15, -0.1) is 0 Å². The monoisotopic (exact) mass is 209 g/mol. The van der Waals surface area contributed by atoms with Gasteiger partial charge in [-0.25, -0.2) is 0 Å². The van der Waals surface area contributed by atoms with Crippen LogP contribution in [-0.4, -0.2) is 21.0 Å². The third-order valence-electron chi connectivity index (χ3n) is 2.26. The molecule has 3 heteroatoms. The van der Waals surface area contributed by atoms with Crippen LogP contribution in [0.25, 0.3) is 0 Å². The van der Waals surface area contributed by atoms with Crippen LogP contribution in [0.3, 0.4) is 0 Å². The summed E-state index contributed by atoms with van der Waals surface area (Å²) in [4.78, 5) is 0. The molecule has 3 nitrogen and oxygen atoms in total. The molecule has 1 rings (SSSR count). The number of hydrogen-bond acceptors (Lipinski definition) is 3. The van der Waals surface area contributed by atoms with Crippen LogP contribution in [0.2, 0.25) is 0 Å². The van der Waals surface area contributed by atoms with Gasteiger partial charge in [0, 0.05) is 19.2 Å². The third kappa shape index (κ3) is 3.22. The topological polar surface area (TPSA) is 30.5 Å². The van der Waals surface area contributed by atoms with Crippen molar-refractivity contribution in [3.8, 4) is 5.75 Å². The van der Waals surface area contributed by atoms with Gasteiger partial charge >= 0.3 is 0 Å². The molecule has 0 heterocycles. The predicted molar refractivity (Wildman–Crippen MR) is 61.2 cm³/mol. The summed E-state index contributed by atoms with van der Waals surface area (Å²) in [5, 5.41) is 3.18. The van der Waals surface area contributed by atoms with Crippen LogP contribution < -0.4 is 10.1 Å². The highest BCUT2D eigenvalue weighted by atomic mass is 16.5. The SMILES string of the molecule is COCNCc1cc(C)cc(C)c1OC. The Bertz CT molecular complexity index is 324. The number of aryl methyl sites for hydroxylation is 2. The second kappa shape index (κ2) is 5.73. The molecule has 1 aromatic carbocycles. The summed E-state index contributed by atoms with van der Waals surface area (Å²) in [5.41, 5.74) is 3.60. The van der Waals surface area contributed by atoms with Crippen molar-refractivity contribution < 1.29 is 9.47 Å². The summed E-state index contributed by atoms with van der Waals surface area (Å²) in [6.45, 7) is 5.47. The zero-order valence-electron chi connectivity index (χ0n) is 9.89. The van der Waals surface area contributed by atoms with Gasteiger partial charge in [-0.2, -0.15) is 0 Å². The van der Waals surface area contributed by atoms with Gasteiger partial charge in [0.15, 0.2) is 0 Å². The Balaban J connectivity index is 2.84. The number of methoxy groups -OCH3 is 2. The molecule has 84 valence electrons. The zero-order chi connectivity index (χ0) is 11.3. The molecule has 0 bridgehead atoms. The Morgan fingerprint density at radius 2 is 1.93 bits per heavy atom. The molecular weight excluding hydrogens is 190 g/mol. The minimum Gasteiger partial charge on any atom is -0.496 e. The van der Waals surface area contributed by atoms with Gasteiger partial charge in [-0.05, 0) is 19.4 Å². The van der Waals surface area contributed by atoms with Crippen molar-refractivity contribution in [1.29, 1.82) is 0 Å². The summed E-state index contributed by atoms with van der Waals surface area (Å²) < 4.78 is 10.3. The Labute approximate surface area is 91.4 Å². The highest BCUT2D eigenvalue weighted by Crippen LogP contribution is 2.24. The maximum Gasteiger partial charge on any atom is 0.126 e. The van der Waals surface area contributed by atoms with Crippen molar-refractivity contribution in [1.82, 2.24) is 5.32 Å². The van der Waals surface area contributed by atoms with E-state index in [0.29, 0.717) is 6.73 Å².